The van der Waals surface area contributed by atoms with E-state index >= 15 is 0 Å². The molecule has 0 bridgehead atoms. The molecule has 0 amide bonds. The Hall–Kier alpha value is -2.89. The van der Waals surface area contributed by atoms with Crippen LogP contribution in [0.25, 0.3) is 6.08 Å². The van der Waals surface area contributed by atoms with Gasteiger partial charge in [0.25, 0.3) is 0 Å². The van der Waals surface area contributed by atoms with E-state index in [2.05, 4.69) is 41.5 Å². The van der Waals surface area contributed by atoms with Gasteiger partial charge in [-0.3, -0.25) is 9.59 Å². The summed E-state index contributed by atoms with van der Waals surface area (Å²) >= 11 is 0. The molecule has 0 aromatic heterocycles. The largest absolute Gasteiger partial charge is 0.496 e. The lowest BCUT2D eigenvalue weighted by Crippen LogP contribution is -2.66. The summed E-state index contributed by atoms with van der Waals surface area (Å²) in [6.07, 6.45) is 12.8. The SMILES string of the molecule is COc1ccccc1/C=C/C(=O)O[C@H]1CC[C@]2(C)[C@H]3C(=O)C=C4[C@@H]5C[C@@](C)(C(=O)O)CC[C@]5(C)CC[C@@]4(C)[C@]3(C)CC[C@H]2C1(C)C. The van der Waals surface area contributed by atoms with Gasteiger partial charge in [-0.2, -0.15) is 0 Å². The second-order valence-corrected chi connectivity index (χ2v) is 17.4. The Bertz CT molecular complexity index is 1500. The fraction of sp³-hybridized carbons (Fsp3) is 0.675. The van der Waals surface area contributed by atoms with Gasteiger partial charge in [-0.15, -0.1) is 0 Å². The molecule has 0 spiro atoms. The molecule has 250 valence electrons. The van der Waals surface area contributed by atoms with Gasteiger partial charge in [-0.1, -0.05) is 65.3 Å². The van der Waals surface area contributed by atoms with E-state index in [0.717, 1.165) is 50.5 Å². The third-order valence-corrected chi connectivity index (χ3v) is 14.8. The Kier molecular flexibility index (Phi) is 7.77. The van der Waals surface area contributed by atoms with Crippen molar-refractivity contribution in [2.24, 2.45) is 50.2 Å². The highest BCUT2D eigenvalue weighted by atomic mass is 16.5. The van der Waals surface area contributed by atoms with Crippen LogP contribution in [0.5, 0.6) is 5.75 Å². The number of carbonyl (C=O) groups is 3. The predicted molar refractivity (Wildman–Crippen MR) is 179 cm³/mol. The van der Waals surface area contributed by atoms with Gasteiger partial charge in [-0.05, 0) is 116 Å². The minimum absolute atomic E-state index is 0.0366. The number of hydrogen-bond acceptors (Lipinski definition) is 5. The summed E-state index contributed by atoms with van der Waals surface area (Å²) in [5, 5.41) is 10.2. The summed E-state index contributed by atoms with van der Waals surface area (Å²) in [6, 6.07) is 7.58. The van der Waals surface area contributed by atoms with Crippen LogP contribution in [0.1, 0.15) is 112 Å². The maximum Gasteiger partial charge on any atom is 0.331 e. The van der Waals surface area contributed by atoms with E-state index in [9.17, 15) is 19.5 Å². The van der Waals surface area contributed by atoms with Crippen molar-refractivity contribution < 1.29 is 29.0 Å². The van der Waals surface area contributed by atoms with Gasteiger partial charge in [0.05, 0.1) is 12.5 Å². The van der Waals surface area contributed by atoms with Gasteiger partial charge in [-0.25, -0.2) is 4.79 Å². The maximum absolute atomic E-state index is 14.6. The van der Waals surface area contributed by atoms with Crippen LogP contribution in [0, 0.1) is 50.2 Å². The fourth-order valence-electron chi connectivity index (χ4n) is 11.7. The van der Waals surface area contributed by atoms with Crippen molar-refractivity contribution in [3.8, 4) is 5.75 Å². The number of hydrogen-bond donors (Lipinski definition) is 1. The minimum Gasteiger partial charge on any atom is -0.496 e. The van der Waals surface area contributed by atoms with Crippen molar-refractivity contribution in [3.63, 3.8) is 0 Å². The van der Waals surface area contributed by atoms with Crippen LogP contribution in [0.4, 0.5) is 0 Å². The Labute approximate surface area is 275 Å². The van der Waals surface area contributed by atoms with Crippen LogP contribution in [0.2, 0.25) is 0 Å². The van der Waals surface area contributed by atoms with Crippen LogP contribution in [0.3, 0.4) is 0 Å². The van der Waals surface area contributed by atoms with Crippen molar-refractivity contribution in [3.05, 3.63) is 47.6 Å². The molecular formula is C40H54O6. The highest BCUT2D eigenvalue weighted by Gasteiger charge is 2.70. The number of fused-ring (bicyclic) bond motifs is 7. The summed E-state index contributed by atoms with van der Waals surface area (Å²) in [4.78, 5) is 40.1. The molecule has 5 aliphatic carbocycles. The number of ether oxygens (including phenoxy) is 2. The van der Waals surface area contributed by atoms with Gasteiger partial charge < -0.3 is 14.6 Å². The maximum atomic E-state index is 14.6. The summed E-state index contributed by atoms with van der Waals surface area (Å²) < 4.78 is 11.6. The standard InChI is InChI=1S/C40H54O6/c1-35(2)30-15-18-40(7)33(38(30,5)17-16-31(35)46-32(42)14-13-25-11-9-10-12-29(25)45-8)28(41)23-26-27-24-37(4,34(43)44)20-19-36(27,3)21-22-39(26,40)6/h9-14,23,27,30-31,33H,15-22,24H2,1-8H3,(H,43,44)/b14-13+/t27-,30-,31-,33+,36+,37-,38-,39+,40+/m0/s1. The zero-order valence-corrected chi connectivity index (χ0v) is 29.2. The van der Waals surface area contributed by atoms with Crippen LogP contribution >= 0.6 is 0 Å². The molecule has 4 saturated carbocycles. The summed E-state index contributed by atoms with van der Waals surface area (Å²) in [6.45, 7) is 15.8. The molecule has 9 atom stereocenters. The first-order chi connectivity index (χ1) is 21.4. The highest BCUT2D eigenvalue weighted by Crippen LogP contribution is 2.75. The minimum atomic E-state index is -0.754. The summed E-state index contributed by atoms with van der Waals surface area (Å²) in [7, 11) is 1.62. The topological polar surface area (TPSA) is 89.9 Å². The quantitative estimate of drug-likeness (QED) is 0.259. The van der Waals surface area contributed by atoms with Gasteiger partial charge in [0.2, 0.25) is 0 Å². The zero-order valence-electron chi connectivity index (χ0n) is 29.2. The molecule has 4 fully saturated rings. The van der Waals surface area contributed by atoms with Crippen LogP contribution < -0.4 is 4.74 Å². The van der Waals surface area contributed by atoms with Gasteiger partial charge in [0.1, 0.15) is 11.9 Å². The number of ketones is 1. The molecule has 0 heterocycles. The van der Waals surface area contributed by atoms with Gasteiger partial charge in [0.15, 0.2) is 5.78 Å². The molecule has 5 aliphatic rings. The number of allylic oxidation sites excluding steroid dienone is 2. The van der Waals surface area contributed by atoms with E-state index in [1.807, 2.05) is 37.3 Å². The van der Waals surface area contributed by atoms with Crippen molar-refractivity contribution >= 4 is 23.8 Å². The van der Waals surface area contributed by atoms with Crippen LogP contribution in [0.15, 0.2) is 42.0 Å². The second-order valence-electron chi connectivity index (χ2n) is 17.4. The van der Waals surface area contributed by atoms with E-state index in [1.165, 1.54) is 11.6 Å². The molecular weight excluding hydrogens is 576 g/mol. The third kappa shape index (κ3) is 4.66. The second kappa shape index (κ2) is 10.8. The highest BCUT2D eigenvalue weighted by molar-refractivity contribution is 5.96. The first-order valence-electron chi connectivity index (χ1n) is 17.5. The average Bonchev–Trinajstić information content (AvgIpc) is 2.99. The number of benzene rings is 1. The van der Waals surface area contributed by atoms with Crippen molar-refractivity contribution in [1.82, 2.24) is 0 Å². The molecule has 1 N–H and O–H groups in total. The fourth-order valence-corrected chi connectivity index (χ4v) is 11.7. The average molecular weight is 631 g/mol. The number of rotatable bonds is 5. The molecule has 1 aromatic rings. The molecule has 0 radical (unpaired) electrons. The number of para-hydroxylation sites is 1. The Morgan fingerprint density at radius 3 is 2.30 bits per heavy atom. The van der Waals surface area contributed by atoms with Crippen LogP contribution in [-0.4, -0.2) is 36.0 Å². The molecule has 46 heavy (non-hydrogen) atoms. The Morgan fingerprint density at radius 2 is 1.61 bits per heavy atom. The van der Waals surface area contributed by atoms with Gasteiger partial charge in [0, 0.05) is 23.0 Å². The van der Waals surface area contributed by atoms with Crippen LogP contribution in [-0.2, 0) is 19.1 Å². The molecule has 6 heteroatoms. The zero-order chi connectivity index (χ0) is 33.5. The number of methoxy groups -OCH3 is 1. The lowest BCUT2D eigenvalue weighted by atomic mass is 9.33. The summed E-state index contributed by atoms with van der Waals surface area (Å²) in [5.74, 6) is 0.0982. The van der Waals surface area contributed by atoms with E-state index in [4.69, 9.17) is 9.47 Å². The van der Waals surface area contributed by atoms with E-state index in [0.29, 0.717) is 18.6 Å². The van der Waals surface area contributed by atoms with E-state index in [1.54, 1.807) is 13.2 Å². The number of esters is 1. The number of carboxylic acid groups (broad SMARTS) is 1. The molecule has 6 nitrogen and oxygen atoms in total. The molecule has 6 rings (SSSR count). The molecule has 0 aliphatic heterocycles. The lowest BCUT2D eigenvalue weighted by Gasteiger charge is -2.70. The van der Waals surface area contributed by atoms with E-state index < -0.39 is 11.4 Å². The van der Waals surface area contributed by atoms with Gasteiger partial charge >= 0.3 is 11.9 Å². The third-order valence-electron chi connectivity index (χ3n) is 14.8. The predicted octanol–water partition coefficient (Wildman–Crippen LogP) is 8.69. The lowest BCUT2D eigenvalue weighted by molar-refractivity contribution is -0.209. The molecule has 0 unspecified atom stereocenters. The first-order valence-corrected chi connectivity index (χ1v) is 17.5. The summed E-state index contributed by atoms with van der Waals surface area (Å²) in [5.41, 5.74) is 0.451. The van der Waals surface area contributed by atoms with E-state index in [-0.39, 0.29) is 62.7 Å². The Morgan fingerprint density at radius 1 is 0.913 bits per heavy atom. The Balaban J connectivity index is 1.28. The van der Waals surface area contributed by atoms with Crippen molar-refractivity contribution in [1.29, 1.82) is 0 Å². The van der Waals surface area contributed by atoms with Crippen molar-refractivity contribution in [2.75, 3.05) is 7.11 Å². The molecule has 1 aromatic carbocycles. The number of aliphatic carboxylic acids is 1. The normalized spacial score (nSPS) is 43.0. The molecule has 0 saturated heterocycles. The number of carbonyl (C=O) groups excluding carboxylic acids is 2. The number of carboxylic acids is 1. The van der Waals surface area contributed by atoms with Crippen molar-refractivity contribution in [2.45, 2.75) is 112 Å². The smallest absolute Gasteiger partial charge is 0.331 e. The first kappa shape index (κ1) is 33.0. The monoisotopic (exact) mass is 630 g/mol.